The number of anilines is 1. The number of nitrogens with zero attached hydrogens (tertiary/aromatic N) is 3. The molecule has 1 aliphatic rings. The fourth-order valence-electron chi connectivity index (χ4n) is 3.72. The molecule has 32 heavy (non-hydrogen) atoms. The van der Waals surface area contributed by atoms with Crippen LogP contribution in [0.5, 0.6) is 11.5 Å². The lowest BCUT2D eigenvalue weighted by Gasteiger charge is -2.31. The summed E-state index contributed by atoms with van der Waals surface area (Å²) in [6.45, 7) is 0.993. The minimum absolute atomic E-state index is 0.0774. The molecule has 1 aliphatic heterocycles. The van der Waals surface area contributed by atoms with E-state index < -0.39 is 0 Å². The number of hydrogen-bond acceptors (Lipinski definition) is 6. The predicted molar refractivity (Wildman–Crippen MR) is 119 cm³/mol. The van der Waals surface area contributed by atoms with Gasteiger partial charge in [0.1, 0.15) is 22.9 Å². The molecular formula is C23H25N5O4. The van der Waals surface area contributed by atoms with Crippen molar-refractivity contribution in [2.75, 3.05) is 32.6 Å². The average molecular weight is 435 g/mol. The molecule has 1 fully saturated rings. The second-order valence-corrected chi connectivity index (χ2v) is 7.54. The van der Waals surface area contributed by atoms with E-state index in [1.807, 2.05) is 18.2 Å². The van der Waals surface area contributed by atoms with E-state index in [-0.39, 0.29) is 17.7 Å². The molecule has 3 heterocycles. The van der Waals surface area contributed by atoms with Crippen LogP contribution in [0.1, 0.15) is 23.3 Å². The highest BCUT2D eigenvalue weighted by atomic mass is 16.5. The van der Waals surface area contributed by atoms with Gasteiger partial charge in [-0.1, -0.05) is 6.07 Å². The first kappa shape index (κ1) is 21.4. The van der Waals surface area contributed by atoms with Crippen molar-refractivity contribution in [1.82, 2.24) is 20.1 Å². The molecule has 0 spiro atoms. The number of carbonyl (C=O) groups is 2. The van der Waals surface area contributed by atoms with Gasteiger partial charge >= 0.3 is 0 Å². The summed E-state index contributed by atoms with van der Waals surface area (Å²) in [5, 5.41) is 9.94. The third-order valence-electron chi connectivity index (χ3n) is 5.51. The van der Waals surface area contributed by atoms with Crippen molar-refractivity contribution in [3.05, 3.63) is 54.4 Å². The Morgan fingerprint density at radius 1 is 1.03 bits per heavy atom. The molecule has 0 aliphatic carbocycles. The molecule has 2 amide bonds. The maximum absolute atomic E-state index is 12.9. The van der Waals surface area contributed by atoms with Crippen LogP contribution in [-0.4, -0.2) is 59.2 Å². The minimum atomic E-state index is -0.179. The van der Waals surface area contributed by atoms with Crippen molar-refractivity contribution in [2.45, 2.75) is 12.8 Å². The third kappa shape index (κ3) is 4.72. The molecule has 0 bridgehead atoms. The van der Waals surface area contributed by atoms with Gasteiger partial charge in [0.15, 0.2) is 0 Å². The molecule has 0 saturated carbocycles. The molecule has 9 nitrogen and oxygen atoms in total. The van der Waals surface area contributed by atoms with E-state index in [2.05, 4.69) is 20.5 Å². The molecule has 0 unspecified atom stereocenters. The van der Waals surface area contributed by atoms with E-state index in [4.69, 9.17) is 9.47 Å². The fraction of sp³-hybridized carbons (Fsp3) is 0.304. The van der Waals surface area contributed by atoms with Gasteiger partial charge < -0.3 is 19.7 Å². The minimum Gasteiger partial charge on any atom is -0.497 e. The zero-order valence-electron chi connectivity index (χ0n) is 18.0. The zero-order valence-corrected chi connectivity index (χ0v) is 18.0. The first-order valence-electron chi connectivity index (χ1n) is 10.4. The Labute approximate surface area is 185 Å². The number of piperidine rings is 1. The Hall–Kier alpha value is -3.88. The SMILES string of the molecule is COc1cc(NC(=O)C2CCN(C(=O)c3cc(-c4ccccn4)n[nH]3)CC2)cc(OC)c1. The molecule has 4 rings (SSSR count). The summed E-state index contributed by atoms with van der Waals surface area (Å²) >= 11 is 0. The number of ether oxygens (including phenoxy) is 2. The van der Waals surface area contributed by atoms with Gasteiger partial charge in [-0.25, -0.2) is 0 Å². The molecule has 2 N–H and O–H groups in total. The lowest BCUT2D eigenvalue weighted by atomic mass is 9.95. The Balaban J connectivity index is 1.34. The topological polar surface area (TPSA) is 109 Å². The molecule has 0 radical (unpaired) electrons. The van der Waals surface area contributed by atoms with E-state index in [0.29, 0.717) is 60.2 Å². The molecular weight excluding hydrogens is 410 g/mol. The number of amides is 2. The predicted octanol–water partition coefficient (Wildman–Crippen LogP) is 2.98. The van der Waals surface area contributed by atoms with Crippen LogP contribution in [0.15, 0.2) is 48.7 Å². The normalized spacial score (nSPS) is 14.1. The van der Waals surface area contributed by atoms with Crippen LogP contribution in [0.25, 0.3) is 11.4 Å². The van der Waals surface area contributed by atoms with E-state index in [1.165, 1.54) is 0 Å². The molecule has 0 atom stereocenters. The number of rotatable bonds is 6. The van der Waals surface area contributed by atoms with Crippen molar-refractivity contribution in [2.24, 2.45) is 5.92 Å². The van der Waals surface area contributed by atoms with Crippen LogP contribution < -0.4 is 14.8 Å². The largest absolute Gasteiger partial charge is 0.497 e. The van der Waals surface area contributed by atoms with Crippen molar-refractivity contribution in [3.8, 4) is 22.9 Å². The van der Waals surface area contributed by atoms with Crippen LogP contribution in [0.2, 0.25) is 0 Å². The van der Waals surface area contributed by atoms with Gasteiger partial charge in [0.25, 0.3) is 5.91 Å². The first-order chi connectivity index (χ1) is 15.6. The number of aromatic amines is 1. The lowest BCUT2D eigenvalue weighted by Crippen LogP contribution is -2.41. The molecule has 2 aromatic heterocycles. The van der Waals surface area contributed by atoms with Crippen molar-refractivity contribution in [3.63, 3.8) is 0 Å². The highest BCUT2D eigenvalue weighted by molar-refractivity contribution is 5.95. The van der Waals surface area contributed by atoms with Gasteiger partial charge in [0.2, 0.25) is 5.91 Å². The molecule has 9 heteroatoms. The number of likely N-dealkylation sites (tertiary alicyclic amines) is 1. The maximum atomic E-state index is 12.9. The van der Waals surface area contributed by atoms with E-state index in [0.717, 1.165) is 0 Å². The number of hydrogen-bond donors (Lipinski definition) is 2. The number of methoxy groups -OCH3 is 2. The lowest BCUT2D eigenvalue weighted by molar-refractivity contribution is -0.121. The Morgan fingerprint density at radius 3 is 2.38 bits per heavy atom. The summed E-state index contributed by atoms with van der Waals surface area (Å²) in [5.41, 5.74) is 2.35. The van der Waals surface area contributed by atoms with E-state index in [1.54, 1.807) is 49.6 Å². The Kier molecular flexibility index (Phi) is 6.34. The van der Waals surface area contributed by atoms with Crippen LogP contribution >= 0.6 is 0 Å². The summed E-state index contributed by atoms with van der Waals surface area (Å²) < 4.78 is 10.5. The fourth-order valence-corrected chi connectivity index (χ4v) is 3.72. The van der Waals surface area contributed by atoms with Crippen molar-refractivity contribution < 1.29 is 19.1 Å². The number of carbonyl (C=O) groups excluding carboxylic acids is 2. The second-order valence-electron chi connectivity index (χ2n) is 7.54. The van der Waals surface area contributed by atoms with Crippen LogP contribution in [0.3, 0.4) is 0 Å². The van der Waals surface area contributed by atoms with Gasteiger partial charge in [-0.3, -0.25) is 19.7 Å². The first-order valence-corrected chi connectivity index (χ1v) is 10.4. The zero-order chi connectivity index (χ0) is 22.5. The molecule has 1 aromatic carbocycles. The number of aromatic nitrogens is 3. The number of benzene rings is 1. The van der Waals surface area contributed by atoms with Gasteiger partial charge in [0, 0.05) is 49.1 Å². The second kappa shape index (κ2) is 9.51. The van der Waals surface area contributed by atoms with E-state index in [9.17, 15) is 9.59 Å². The smallest absolute Gasteiger partial charge is 0.271 e. The molecule has 3 aromatic rings. The molecule has 166 valence electrons. The summed E-state index contributed by atoms with van der Waals surface area (Å²) in [5.74, 6) is 0.818. The third-order valence-corrected chi connectivity index (χ3v) is 5.51. The summed E-state index contributed by atoms with van der Waals surface area (Å²) in [6.07, 6.45) is 2.85. The standard InChI is InChI=1S/C23H25N5O4/c1-31-17-11-16(12-18(13-17)32-2)25-22(29)15-6-9-28(10-7-15)23(30)21-14-20(26-27-21)19-5-3-4-8-24-19/h3-5,8,11-15H,6-7,9-10H2,1-2H3,(H,25,29)(H,26,27). The quantitative estimate of drug-likeness (QED) is 0.616. The van der Waals surface area contributed by atoms with Crippen molar-refractivity contribution in [1.29, 1.82) is 0 Å². The van der Waals surface area contributed by atoms with Crippen molar-refractivity contribution >= 4 is 17.5 Å². The Morgan fingerprint density at radius 2 is 1.75 bits per heavy atom. The van der Waals surface area contributed by atoms with Gasteiger partial charge in [-0.15, -0.1) is 0 Å². The van der Waals surface area contributed by atoms with Gasteiger partial charge in [0.05, 0.1) is 19.9 Å². The highest BCUT2D eigenvalue weighted by Crippen LogP contribution is 2.27. The summed E-state index contributed by atoms with van der Waals surface area (Å²) in [4.78, 5) is 31.6. The monoisotopic (exact) mass is 435 g/mol. The van der Waals surface area contributed by atoms with E-state index >= 15 is 0 Å². The van der Waals surface area contributed by atoms with Crippen LogP contribution in [0.4, 0.5) is 5.69 Å². The summed E-state index contributed by atoms with van der Waals surface area (Å²) in [7, 11) is 3.12. The number of nitrogens with one attached hydrogen (secondary N) is 2. The Bertz CT molecular complexity index is 1070. The molecule has 1 saturated heterocycles. The van der Waals surface area contributed by atoms with Gasteiger partial charge in [-0.05, 0) is 31.0 Å². The highest BCUT2D eigenvalue weighted by Gasteiger charge is 2.29. The number of pyridine rings is 1. The van der Waals surface area contributed by atoms with Crippen LogP contribution in [-0.2, 0) is 4.79 Å². The number of H-pyrrole nitrogens is 1. The average Bonchev–Trinajstić information content (AvgIpc) is 3.34. The van der Waals surface area contributed by atoms with Gasteiger partial charge in [-0.2, -0.15) is 5.10 Å². The van der Waals surface area contributed by atoms with Crippen LogP contribution in [0, 0.1) is 5.92 Å². The summed E-state index contributed by atoms with van der Waals surface area (Å²) in [6, 6.07) is 12.5. The maximum Gasteiger partial charge on any atom is 0.271 e.